The normalized spacial score (nSPS) is 10.7. The number of carbonyl (C=O) groups is 1. The second-order valence-electron chi connectivity index (χ2n) is 5.11. The van der Waals surface area contributed by atoms with Crippen LogP contribution in [0.2, 0.25) is 0 Å². The lowest BCUT2D eigenvalue weighted by atomic mass is 10.4. The van der Waals surface area contributed by atoms with Crippen molar-refractivity contribution in [1.29, 1.82) is 0 Å². The Balaban J connectivity index is 1.97. The van der Waals surface area contributed by atoms with E-state index in [0.29, 0.717) is 30.5 Å². The lowest BCUT2D eigenvalue weighted by Gasteiger charge is -2.10. The van der Waals surface area contributed by atoms with Gasteiger partial charge in [-0.15, -0.1) is 0 Å². The van der Waals surface area contributed by atoms with Crippen LogP contribution in [0.3, 0.4) is 0 Å². The molecule has 0 saturated carbocycles. The quantitative estimate of drug-likeness (QED) is 0.544. The van der Waals surface area contributed by atoms with Crippen molar-refractivity contribution in [2.24, 2.45) is 7.05 Å². The molecule has 2 rings (SSSR count). The summed E-state index contributed by atoms with van der Waals surface area (Å²) >= 11 is 3.36. The number of nitrogens with zero attached hydrogens (tertiary/aromatic N) is 2. The third-order valence-electron chi connectivity index (χ3n) is 3.11. The van der Waals surface area contributed by atoms with Gasteiger partial charge in [0.1, 0.15) is 18.1 Å². The average Bonchev–Trinajstić information content (AvgIpc) is 2.57. The summed E-state index contributed by atoms with van der Waals surface area (Å²) in [6.45, 7) is 2.43. The summed E-state index contributed by atoms with van der Waals surface area (Å²) in [6.07, 6.45) is 4.79. The molecule has 0 aliphatic rings. The number of rotatable bonds is 7. The standard InChI is InChI=1S/C17H19BrN4O3/c1-3-5-15(23)19-8-9-25-16-7-4-6-14(21-16)20-13-10-12(18)11-22(2)17(13)24/h3-7,10-11H,8-9H2,1-2H3,(H,19,23)(H,20,21). The first-order chi connectivity index (χ1) is 12.0. The van der Waals surface area contributed by atoms with Gasteiger partial charge in [0.25, 0.3) is 5.56 Å². The maximum absolute atomic E-state index is 12.1. The molecule has 2 aromatic rings. The Hall–Kier alpha value is -2.61. The van der Waals surface area contributed by atoms with Crippen molar-refractivity contribution < 1.29 is 9.53 Å². The Bertz CT molecular complexity index is 833. The van der Waals surface area contributed by atoms with E-state index < -0.39 is 0 Å². The van der Waals surface area contributed by atoms with Gasteiger partial charge in [-0.3, -0.25) is 9.59 Å². The predicted molar refractivity (Wildman–Crippen MR) is 100 cm³/mol. The van der Waals surface area contributed by atoms with Crippen molar-refractivity contribution in [3.8, 4) is 5.88 Å². The minimum absolute atomic E-state index is 0.164. The predicted octanol–water partition coefficient (Wildman–Crippen LogP) is 2.36. The smallest absolute Gasteiger partial charge is 0.274 e. The molecule has 2 N–H and O–H groups in total. The molecule has 0 saturated heterocycles. The molecule has 0 aliphatic heterocycles. The number of anilines is 2. The van der Waals surface area contributed by atoms with E-state index in [1.807, 2.05) is 0 Å². The molecule has 0 bridgehead atoms. The zero-order valence-corrected chi connectivity index (χ0v) is 15.5. The summed E-state index contributed by atoms with van der Waals surface area (Å²) in [6, 6.07) is 6.90. The third-order valence-corrected chi connectivity index (χ3v) is 3.54. The minimum atomic E-state index is -0.167. The first-order valence-corrected chi connectivity index (χ1v) is 8.42. The van der Waals surface area contributed by atoms with Gasteiger partial charge in [0.2, 0.25) is 11.8 Å². The van der Waals surface area contributed by atoms with Crippen molar-refractivity contribution in [2.75, 3.05) is 18.5 Å². The maximum atomic E-state index is 12.1. The molecule has 2 aromatic heterocycles. The zero-order chi connectivity index (χ0) is 18.2. The van der Waals surface area contributed by atoms with E-state index in [1.54, 1.807) is 50.5 Å². The Morgan fingerprint density at radius 1 is 1.44 bits per heavy atom. The first kappa shape index (κ1) is 18.7. The Kier molecular flexibility index (Phi) is 6.76. The van der Waals surface area contributed by atoms with Crippen LogP contribution in [0.1, 0.15) is 6.92 Å². The molecule has 0 aromatic carbocycles. The summed E-state index contributed by atoms with van der Waals surface area (Å²) in [5.41, 5.74) is 0.239. The number of pyridine rings is 2. The highest BCUT2D eigenvalue weighted by Gasteiger charge is 2.06. The van der Waals surface area contributed by atoms with Gasteiger partial charge in [0, 0.05) is 23.8 Å². The van der Waals surface area contributed by atoms with Crippen molar-refractivity contribution in [1.82, 2.24) is 14.9 Å². The number of hydrogen-bond acceptors (Lipinski definition) is 5. The van der Waals surface area contributed by atoms with Gasteiger partial charge in [-0.1, -0.05) is 12.1 Å². The van der Waals surface area contributed by atoms with E-state index in [-0.39, 0.29) is 11.5 Å². The minimum Gasteiger partial charge on any atom is -0.476 e. The van der Waals surface area contributed by atoms with Crippen molar-refractivity contribution in [2.45, 2.75) is 6.92 Å². The number of allylic oxidation sites excluding steroid dienone is 1. The Labute approximate surface area is 153 Å². The Morgan fingerprint density at radius 2 is 2.24 bits per heavy atom. The third kappa shape index (κ3) is 5.75. The summed E-state index contributed by atoms with van der Waals surface area (Å²) in [5, 5.41) is 5.67. The van der Waals surface area contributed by atoms with Crippen molar-refractivity contribution in [3.63, 3.8) is 0 Å². The van der Waals surface area contributed by atoms with E-state index in [2.05, 4.69) is 31.5 Å². The lowest BCUT2D eigenvalue weighted by Crippen LogP contribution is -2.26. The van der Waals surface area contributed by atoms with E-state index in [9.17, 15) is 9.59 Å². The highest BCUT2D eigenvalue weighted by Crippen LogP contribution is 2.17. The van der Waals surface area contributed by atoms with Crippen LogP contribution in [-0.4, -0.2) is 28.6 Å². The van der Waals surface area contributed by atoms with Crippen LogP contribution in [0.4, 0.5) is 11.5 Å². The second-order valence-corrected chi connectivity index (χ2v) is 6.03. The molecular formula is C17H19BrN4O3. The SMILES string of the molecule is CC=CC(=O)NCCOc1cccc(Nc2cc(Br)cn(C)c2=O)n1. The maximum Gasteiger partial charge on any atom is 0.274 e. The van der Waals surface area contributed by atoms with Crippen LogP contribution >= 0.6 is 15.9 Å². The van der Waals surface area contributed by atoms with Crippen molar-refractivity contribution >= 4 is 33.3 Å². The molecule has 25 heavy (non-hydrogen) atoms. The number of ether oxygens (including phenoxy) is 1. The summed E-state index contributed by atoms with van der Waals surface area (Å²) in [5.74, 6) is 0.725. The van der Waals surface area contributed by atoms with E-state index in [0.717, 1.165) is 4.47 Å². The number of aryl methyl sites for hydroxylation is 1. The van der Waals surface area contributed by atoms with Crippen LogP contribution in [0.15, 0.2) is 51.9 Å². The molecule has 0 atom stereocenters. The van der Waals surface area contributed by atoms with Gasteiger partial charge in [0.15, 0.2) is 0 Å². The summed E-state index contributed by atoms with van der Waals surface area (Å²) in [7, 11) is 1.67. The van der Waals surface area contributed by atoms with Gasteiger partial charge >= 0.3 is 0 Å². The largest absolute Gasteiger partial charge is 0.476 e. The molecule has 0 unspecified atom stereocenters. The Morgan fingerprint density at radius 3 is 3.00 bits per heavy atom. The van der Waals surface area contributed by atoms with Crippen LogP contribution in [-0.2, 0) is 11.8 Å². The fourth-order valence-corrected chi connectivity index (χ4v) is 2.54. The van der Waals surface area contributed by atoms with Crippen LogP contribution in [0.25, 0.3) is 0 Å². The van der Waals surface area contributed by atoms with Gasteiger partial charge in [0.05, 0.1) is 6.54 Å². The van der Waals surface area contributed by atoms with Gasteiger partial charge in [-0.05, 0) is 41.1 Å². The molecule has 8 heteroatoms. The monoisotopic (exact) mass is 406 g/mol. The molecule has 0 aliphatic carbocycles. The summed E-state index contributed by atoms with van der Waals surface area (Å²) in [4.78, 5) is 27.7. The molecular weight excluding hydrogens is 388 g/mol. The number of aromatic nitrogens is 2. The van der Waals surface area contributed by atoms with Crippen LogP contribution in [0.5, 0.6) is 5.88 Å². The fraction of sp³-hybridized carbons (Fsp3) is 0.235. The summed E-state index contributed by atoms with van der Waals surface area (Å²) < 4.78 is 7.76. The molecule has 0 fully saturated rings. The molecule has 132 valence electrons. The van der Waals surface area contributed by atoms with Gasteiger partial charge < -0.3 is 19.9 Å². The van der Waals surface area contributed by atoms with Gasteiger partial charge in [-0.2, -0.15) is 4.98 Å². The second kappa shape index (κ2) is 9.03. The number of carbonyl (C=O) groups excluding carboxylic acids is 1. The van der Waals surface area contributed by atoms with Crippen LogP contribution < -0.4 is 20.9 Å². The zero-order valence-electron chi connectivity index (χ0n) is 14.0. The number of nitrogens with one attached hydrogen (secondary N) is 2. The molecule has 2 heterocycles. The topological polar surface area (TPSA) is 85.2 Å². The molecule has 7 nitrogen and oxygen atoms in total. The average molecular weight is 407 g/mol. The number of amides is 1. The molecule has 1 amide bonds. The molecule has 0 spiro atoms. The highest BCUT2D eigenvalue weighted by atomic mass is 79.9. The van der Waals surface area contributed by atoms with E-state index in [1.165, 1.54) is 10.6 Å². The number of halogens is 1. The fourth-order valence-electron chi connectivity index (χ4n) is 2.00. The van der Waals surface area contributed by atoms with Gasteiger partial charge in [-0.25, -0.2) is 0 Å². The first-order valence-electron chi connectivity index (χ1n) is 7.63. The van der Waals surface area contributed by atoms with E-state index >= 15 is 0 Å². The lowest BCUT2D eigenvalue weighted by molar-refractivity contribution is -0.116. The van der Waals surface area contributed by atoms with Crippen molar-refractivity contribution in [3.05, 3.63) is 57.4 Å². The molecule has 0 radical (unpaired) electrons. The highest BCUT2D eigenvalue weighted by molar-refractivity contribution is 9.10. The van der Waals surface area contributed by atoms with Crippen LogP contribution in [0, 0.1) is 0 Å². The number of hydrogen-bond donors (Lipinski definition) is 2. The van der Waals surface area contributed by atoms with E-state index in [4.69, 9.17) is 4.74 Å².